The van der Waals surface area contributed by atoms with Crippen molar-refractivity contribution in [1.29, 1.82) is 0 Å². The van der Waals surface area contributed by atoms with Crippen LogP contribution in [0.2, 0.25) is 0 Å². The fourth-order valence-corrected chi connectivity index (χ4v) is 3.88. The van der Waals surface area contributed by atoms with Crippen LogP contribution < -0.4 is 9.47 Å². The molecule has 0 bridgehead atoms. The largest absolute Gasteiger partial charge is 0.489 e. The van der Waals surface area contributed by atoms with Gasteiger partial charge in [0.25, 0.3) is 0 Å². The van der Waals surface area contributed by atoms with Gasteiger partial charge in [0.05, 0.1) is 11.5 Å². The molecular weight excluding hydrogens is 270 g/mol. The summed E-state index contributed by atoms with van der Waals surface area (Å²) in [6.07, 6.45) is 0.222. The molecule has 1 fully saturated rings. The van der Waals surface area contributed by atoms with Crippen LogP contribution in [0, 0.1) is 0 Å². The maximum atomic E-state index is 11.4. The SMILES string of the molecule is O=S1(=O)CCC(Oc2ccc3c(c2)OCC3=NO)C1. The predicted molar refractivity (Wildman–Crippen MR) is 67.9 cm³/mol. The maximum absolute atomic E-state index is 11.4. The van der Waals surface area contributed by atoms with E-state index in [9.17, 15) is 8.42 Å². The van der Waals surface area contributed by atoms with Gasteiger partial charge in [-0.1, -0.05) is 5.16 Å². The molecule has 0 aliphatic carbocycles. The number of nitrogens with zero attached hydrogens (tertiary/aromatic N) is 1. The van der Waals surface area contributed by atoms with Crippen molar-refractivity contribution in [1.82, 2.24) is 0 Å². The van der Waals surface area contributed by atoms with E-state index in [0.717, 1.165) is 5.56 Å². The Bertz CT molecular complexity index is 638. The van der Waals surface area contributed by atoms with Gasteiger partial charge in [0.15, 0.2) is 9.84 Å². The van der Waals surface area contributed by atoms with Crippen LogP contribution in [0.4, 0.5) is 0 Å². The van der Waals surface area contributed by atoms with Gasteiger partial charge in [-0.3, -0.25) is 0 Å². The van der Waals surface area contributed by atoms with Crippen molar-refractivity contribution in [2.45, 2.75) is 12.5 Å². The lowest BCUT2D eigenvalue weighted by molar-refractivity contribution is 0.228. The normalized spacial score (nSPS) is 26.1. The van der Waals surface area contributed by atoms with Crippen LogP contribution in [-0.2, 0) is 9.84 Å². The number of fused-ring (bicyclic) bond motifs is 1. The van der Waals surface area contributed by atoms with Gasteiger partial charge in [-0.05, 0) is 18.6 Å². The second kappa shape index (κ2) is 4.41. The number of oxime groups is 1. The molecule has 1 N–H and O–H groups in total. The number of rotatable bonds is 2. The first-order chi connectivity index (χ1) is 9.07. The van der Waals surface area contributed by atoms with Crippen LogP contribution >= 0.6 is 0 Å². The van der Waals surface area contributed by atoms with Gasteiger partial charge in [0.1, 0.15) is 29.9 Å². The van der Waals surface area contributed by atoms with Gasteiger partial charge in [-0.25, -0.2) is 8.42 Å². The summed E-state index contributed by atoms with van der Waals surface area (Å²) in [5, 5.41) is 11.9. The zero-order chi connectivity index (χ0) is 13.5. The summed E-state index contributed by atoms with van der Waals surface area (Å²) in [7, 11) is -2.95. The highest BCUT2D eigenvalue weighted by Gasteiger charge is 2.30. The van der Waals surface area contributed by atoms with Gasteiger partial charge in [-0.15, -0.1) is 0 Å². The van der Waals surface area contributed by atoms with Crippen LogP contribution in [0.3, 0.4) is 0 Å². The molecule has 6 nitrogen and oxygen atoms in total. The van der Waals surface area contributed by atoms with Crippen molar-refractivity contribution in [3.05, 3.63) is 23.8 Å². The van der Waals surface area contributed by atoms with E-state index in [2.05, 4.69) is 5.16 Å². The van der Waals surface area contributed by atoms with Crippen molar-refractivity contribution in [3.63, 3.8) is 0 Å². The zero-order valence-electron chi connectivity index (χ0n) is 10.1. The molecule has 1 unspecified atom stereocenters. The van der Waals surface area contributed by atoms with Crippen molar-refractivity contribution < 1.29 is 23.1 Å². The molecule has 0 aromatic heterocycles. The molecule has 3 rings (SSSR count). The summed E-state index contributed by atoms with van der Waals surface area (Å²) in [6.45, 7) is 0.229. The third-order valence-corrected chi connectivity index (χ3v) is 4.98. The third-order valence-electron chi connectivity index (χ3n) is 3.24. The minimum atomic E-state index is -2.95. The molecule has 2 heterocycles. The first-order valence-corrected chi connectivity index (χ1v) is 7.75. The average molecular weight is 283 g/mol. The summed E-state index contributed by atoms with van der Waals surface area (Å²) in [5.74, 6) is 1.40. The summed E-state index contributed by atoms with van der Waals surface area (Å²) < 4.78 is 33.7. The molecule has 2 aliphatic heterocycles. The summed E-state index contributed by atoms with van der Waals surface area (Å²) in [4.78, 5) is 0. The lowest BCUT2D eigenvalue weighted by Gasteiger charge is -2.12. The van der Waals surface area contributed by atoms with E-state index < -0.39 is 9.84 Å². The van der Waals surface area contributed by atoms with Gasteiger partial charge in [-0.2, -0.15) is 0 Å². The Morgan fingerprint density at radius 1 is 1.42 bits per heavy atom. The fraction of sp³-hybridized carbons (Fsp3) is 0.417. The minimum absolute atomic E-state index is 0.0638. The topological polar surface area (TPSA) is 85.2 Å². The molecule has 0 radical (unpaired) electrons. The molecule has 7 heteroatoms. The predicted octanol–water partition coefficient (Wildman–Crippen LogP) is 0.823. The van der Waals surface area contributed by atoms with Gasteiger partial charge >= 0.3 is 0 Å². The van der Waals surface area contributed by atoms with Crippen molar-refractivity contribution in [2.24, 2.45) is 5.16 Å². The standard InChI is InChI=1S/C12H13NO5S/c14-13-11-6-17-12-5-8(1-2-10(11)12)18-9-3-4-19(15,16)7-9/h1-2,5,9,14H,3-4,6-7H2. The van der Waals surface area contributed by atoms with E-state index in [4.69, 9.17) is 14.7 Å². The second-order valence-corrected chi connectivity index (χ2v) is 6.86. The highest BCUT2D eigenvalue weighted by atomic mass is 32.2. The molecule has 19 heavy (non-hydrogen) atoms. The van der Waals surface area contributed by atoms with Crippen LogP contribution in [0.5, 0.6) is 11.5 Å². The number of sulfone groups is 1. The second-order valence-electron chi connectivity index (χ2n) is 4.64. The Morgan fingerprint density at radius 3 is 2.95 bits per heavy atom. The Balaban J connectivity index is 1.77. The van der Waals surface area contributed by atoms with Crippen LogP contribution in [-0.4, -0.2) is 43.6 Å². The number of benzene rings is 1. The number of ether oxygens (including phenoxy) is 2. The molecule has 1 atom stereocenters. The van der Waals surface area contributed by atoms with E-state index >= 15 is 0 Å². The Labute approximate surface area is 110 Å². The van der Waals surface area contributed by atoms with Crippen molar-refractivity contribution in [3.8, 4) is 11.5 Å². The van der Waals surface area contributed by atoms with Gasteiger partial charge in [0, 0.05) is 11.6 Å². The molecule has 0 spiro atoms. The lowest BCUT2D eigenvalue weighted by atomic mass is 10.1. The molecular formula is C12H13NO5S. The fourth-order valence-electron chi connectivity index (χ4n) is 2.29. The maximum Gasteiger partial charge on any atom is 0.154 e. The van der Waals surface area contributed by atoms with Gasteiger partial charge in [0.2, 0.25) is 0 Å². The van der Waals surface area contributed by atoms with Crippen LogP contribution in [0.25, 0.3) is 0 Å². The molecule has 1 aromatic rings. The van der Waals surface area contributed by atoms with Crippen molar-refractivity contribution >= 4 is 15.5 Å². The van der Waals surface area contributed by atoms with Crippen LogP contribution in [0.1, 0.15) is 12.0 Å². The molecule has 1 saturated heterocycles. The monoisotopic (exact) mass is 283 g/mol. The molecule has 0 saturated carbocycles. The summed E-state index contributed by atoms with van der Waals surface area (Å²) >= 11 is 0. The lowest BCUT2D eigenvalue weighted by Crippen LogP contribution is -2.17. The molecule has 0 amide bonds. The summed E-state index contributed by atoms with van der Waals surface area (Å²) in [6, 6.07) is 5.16. The van der Waals surface area contributed by atoms with E-state index in [1.165, 1.54) is 0 Å². The number of hydrogen-bond acceptors (Lipinski definition) is 6. The first-order valence-electron chi connectivity index (χ1n) is 5.92. The third kappa shape index (κ3) is 2.37. The Kier molecular flexibility index (Phi) is 2.85. The minimum Gasteiger partial charge on any atom is -0.489 e. The quantitative estimate of drug-likeness (QED) is 0.641. The Morgan fingerprint density at radius 2 is 2.26 bits per heavy atom. The van der Waals surface area contributed by atoms with Gasteiger partial charge < -0.3 is 14.7 Å². The van der Waals surface area contributed by atoms with E-state index in [-0.39, 0.29) is 24.2 Å². The highest BCUT2D eigenvalue weighted by Crippen LogP contribution is 2.31. The average Bonchev–Trinajstić information content (AvgIpc) is 2.92. The van der Waals surface area contributed by atoms with Crippen molar-refractivity contribution in [2.75, 3.05) is 18.1 Å². The molecule has 1 aromatic carbocycles. The number of hydrogen-bond donors (Lipinski definition) is 1. The molecule has 2 aliphatic rings. The Hall–Kier alpha value is -1.76. The van der Waals surface area contributed by atoms with Crippen LogP contribution in [0.15, 0.2) is 23.4 Å². The highest BCUT2D eigenvalue weighted by molar-refractivity contribution is 7.91. The van der Waals surface area contributed by atoms with E-state index in [1.54, 1.807) is 18.2 Å². The molecule has 102 valence electrons. The smallest absolute Gasteiger partial charge is 0.154 e. The first kappa shape index (κ1) is 12.3. The van der Waals surface area contributed by atoms with E-state index in [1.807, 2.05) is 0 Å². The van der Waals surface area contributed by atoms with E-state index in [0.29, 0.717) is 23.6 Å². The zero-order valence-corrected chi connectivity index (χ0v) is 10.9. The summed E-state index contributed by atoms with van der Waals surface area (Å²) in [5.41, 5.74) is 1.21.